The number of benzene rings is 1. The molecule has 0 radical (unpaired) electrons. The topological polar surface area (TPSA) is 21.3 Å². The fraction of sp³-hybridized carbons (Fsp3) is 0.538. The molecule has 0 bridgehead atoms. The molecular weight excluding hydrogens is 275 g/mol. The minimum atomic E-state index is -4.31. The summed E-state index contributed by atoms with van der Waals surface area (Å²) in [5.41, 5.74) is 0.631. The summed E-state index contributed by atoms with van der Waals surface area (Å²) in [6.45, 7) is 0.889. The molecule has 1 heterocycles. The number of hydrogen-bond donors (Lipinski definition) is 1. The Bertz CT molecular complexity index is 425. The van der Waals surface area contributed by atoms with Crippen LogP contribution >= 0.6 is 11.8 Å². The summed E-state index contributed by atoms with van der Waals surface area (Å²) >= 11 is 1.86. The van der Waals surface area contributed by atoms with E-state index in [2.05, 4.69) is 12.2 Å². The first-order valence-corrected chi connectivity index (χ1v) is 7.15. The second-order valence-electron chi connectivity index (χ2n) is 4.62. The van der Waals surface area contributed by atoms with E-state index in [-0.39, 0.29) is 11.8 Å². The molecule has 1 aliphatic heterocycles. The molecule has 6 heteroatoms. The molecule has 1 aromatic carbocycles. The molecule has 1 aromatic rings. The van der Waals surface area contributed by atoms with Gasteiger partial charge in [0.05, 0.1) is 5.69 Å². The molecule has 1 saturated heterocycles. The van der Waals surface area contributed by atoms with E-state index in [1.54, 1.807) is 24.3 Å². The van der Waals surface area contributed by atoms with Gasteiger partial charge in [0.2, 0.25) is 0 Å². The molecule has 0 amide bonds. The molecule has 1 aliphatic rings. The third-order valence-electron chi connectivity index (χ3n) is 2.84. The Hall–Kier alpha value is -1.04. The normalized spacial score (nSPS) is 23.4. The predicted molar refractivity (Wildman–Crippen MR) is 71.9 cm³/mol. The molecule has 1 fully saturated rings. The van der Waals surface area contributed by atoms with E-state index < -0.39 is 12.8 Å². The van der Waals surface area contributed by atoms with Crippen molar-refractivity contribution in [2.75, 3.05) is 17.7 Å². The van der Waals surface area contributed by atoms with Crippen molar-refractivity contribution in [3.05, 3.63) is 24.3 Å². The third-order valence-corrected chi connectivity index (χ3v) is 4.19. The first-order chi connectivity index (χ1) is 8.94. The quantitative estimate of drug-likeness (QED) is 0.908. The van der Waals surface area contributed by atoms with Crippen LogP contribution in [0.4, 0.5) is 18.9 Å². The molecule has 0 spiro atoms. The van der Waals surface area contributed by atoms with Gasteiger partial charge < -0.3 is 10.1 Å². The fourth-order valence-electron chi connectivity index (χ4n) is 2.01. The smallest absolute Gasteiger partial charge is 0.422 e. The lowest BCUT2D eigenvalue weighted by atomic mass is 10.2. The molecular formula is C13H16F3NOS. The van der Waals surface area contributed by atoms with Crippen LogP contribution < -0.4 is 10.1 Å². The Balaban J connectivity index is 1.99. The number of nitrogens with one attached hydrogen (secondary N) is 1. The fourth-order valence-corrected chi connectivity index (χ4v) is 3.16. The largest absolute Gasteiger partial charge is 0.482 e. The Labute approximate surface area is 114 Å². The van der Waals surface area contributed by atoms with Gasteiger partial charge in [0.25, 0.3) is 0 Å². The van der Waals surface area contributed by atoms with Gasteiger partial charge in [0.15, 0.2) is 6.61 Å². The predicted octanol–water partition coefficient (Wildman–Crippen LogP) is 3.93. The first kappa shape index (κ1) is 14.4. The van der Waals surface area contributed by atoms with Gasteiger partial charge in [0.1, 0.15) is 5.75 Å². The van der Waals surface area contributed by atoms with Crippen molar-refractivity contribution in [2.24, 2.45) is 0 Å². The average molecular weight is 291 g/mol. The summed E-state index contributed by atoms with van der Waals surface area (Å²) < 4.78 is 41.4. The van der Waals surface area contributed by atoms with E-state index in [0.717, 1.165) is 12.2 Å². The van der Waals surface area contributed by atoms with Crippen LogP contribution in [0.25, 0.3) is 0 Å². The molecule has 2 atom stereocenters. The van der Waals surface area contributed by atoms with Gasteiger partial charge in [-0.3, -0.25) is 0 Å². The van der Waals surface area contributed by atoms with Crippen LogP contribution in [0.5, 0.6) is 5.75 Å². The van der Waals surface area contributed by atoms with Crippen LogP contribution in [-0.2, 0) is 0 Å². The Morgan fingerprint density at radius 2 is 2.11 bits per heavy atom. The number of para-hydroxylation sites is 2. The highest BCUT2D eigenvalue weighted by atomic mass is 32.2. The second kappa shape index (κ2) is 5.94. The summed E-state index contributed by atoms with van der Waals surface area (Å²) in [4.78, 5) is 0. The highest BCUT2D eigenvalue weighted by Gasteiger charge is 2.29. The van der Waals surface area contributed by atoms with Crippen LogP contribution in [0.15, 0.2) is 24.3 Å². The lowest BCUT2D eigenvalue weighted by Gasteiger charge is -2.17. The van der Waals surface area contributed by atoms with Crippen LogP contribution in [-0.4, -0.2) is 29.8 Å². The maximum absolute atomic E-state index is 12.2. The average Bonchev–Trinajstić information content (AvgIpc) is 2.73. The zero-order chi connectivity index (χ0) is 13.9. The van der Waals surface area contributed by atoms with Crippen molar-refractivity contribution < 1.29 is 17.9 Å². The van der Waals surface area contributed by atoms with Crippen molar-refractivity contribution >= 4 is 17.4 Å². The number of hydrogen-bond acceptors (Lipinski definition) is 3. The van der Waals surface area contributed by atoms with Gasteiger partial charge in [-0.25, -0.2) is 0 Å². The molecule has 2 rings (SSSR count). The van der Waals surface area contributed by atoms with E-state index in [0.29, 0.717) is 10.9 Å². The zero-order valence-corrected chi connectivity index (χ0v) is 11.4. The van der Waals surface area contributed by atoms with Crippen molar-refractivity contribution in [2.45, 2.75) is 30.8 Å². The van der Waals surface area contributed by atoms with Gasteiger partial charge in [-0.05, 0) is 18.6 Å². The van der Waals surface area contributed by atoms with Gasteiger partial charge >= 0.3 is 6.18 Å². The number of halogens is 3. The van der Waals surface area contributed by atoms with Crippen molar-refractivity contribution in [1.29, 1.82) is 0 Å². The Morgan fingerprint density at radius 1 is 1.37 bits per heavy atom. The maximum atomic E-state index is 12.2. The molecule has 2 unspecified atom stereocenters. The van der Waals surface area contributed by atoms with E-state index in [4.69, 9.17) is 4.74 Å². The molecule has 2 nitrogen and oxygen atoms in total. The van der Waals surface area contributed by atoms with Crippen LogP contribution in [0.3, 0.4) is 0 Å². The lowest BCUT2D eigenvalue weighted by Crippen LogP contribution is -2.22. The standard InChI is InChI=1S/C13H16F3NOS/c1-9-6-10(7-19-9)17-11-4-2-3-5-12(11)18-8-13(14,15)16/h2-5,9-10,17H,6-8H2,1H3. The number of ether oxygens (including phenoxy) is 1. The minimum absolute atomic E-state index is 0.254. The van der Waals surface area contributed by atoms with Crippen molar-refractivity contribution in [1.82, 2.24) is 0 Å². The van der Waals surface area contributed by atoms with Crippen molar-refractivity contribution in [3.8, 4) is 5.75 Å². The summed E-state index contributed by atoms with van der Waals surface area (Å²) in [5.74, 6) is 1.22. The number of thioether (sulfide) groups is 1. The van der Waals surface area contributed by atoms with Crippen molar-refractivity contribution in [3.63, 3.8) is 0 Å². The van der Waals surface area contributed by atoms with Gasteiger partial charge in [-0.15, -0.1) is 0 Å². The monoisotopic (exact) mass is 291 g/mol. The van der Waals surface area contributed by atoms with Crippen LogP contribution in [0.2, 0.25) is 0 Å². The van der Waals surface area contributed by atoms with Crippen LogP contribution in [0, 0.1) is 0 Å². The number of alkyl halides is 3. The maximum Gasteiger partial charge on any atom is 0.422 e. The highest BCUT2D eigenvalue weighted by molar-refractivity contribution is 8.00. The van der Waals surface area contributed by atoms with E-state index in [9.17, 15) is 13.2 Å². The van der Waals surface area contributed by atoms with E-state index >= 15 is 0 Å². The zero-order valence-electron chi connectivity index (χ0n) is 10.5. The Kier molecular flexibility index (Phi) is 4.50. The Morgan fingerprint density at radius 3 is 2.74 bits per heavy atom. The lowest BCUT2D eigenvalue weighted by molar-refractivity contribution is -0.153. The molecule has 0 saturated carbocycles. The second-order valence-corrected chi connectivity index (χ2v) is 6.09. The van der Waals surface area contributed by atoms with Gasteiger partial charge in [-0.1, -0.05) is 19.1 Å². The van der Waals surface area contributed by atoms with E-state index in [1.165, 1.54) is 0 Å². The van der Waals surface area contributed by atoms with Gasteiger partial charge in [-0.2, -0.15) is 24.9 Å². The number of rotatable bonds is 4. The summed E-state index contributed by atoms with van der Waals surface area (Å²) in [7, 11) is 0. The summed E-state index contributed by atoms with van der Waals surface area (Å²) in [6, 6.07) is 7.05. The first-order valence-electron chi connectivity index (χ1n) is 6.11. The highest BCUT2D eigenvalue weighted by Crippen LogP contribution is 2.32. The minimum Gasteiger partial charge on any atom is -0.482 e. The molecule has 19 heavy (non-hydrogen) atoms. The SMILES string of the molecule is CC1CC(Nc2ccccc2OCC(F)(F)F)CS1. The van der Waals surface area contributed by atoms with Gasteiger partial charge in [0, 0.05) is 17.0 Å². The van der Waals surface area contributed by atoms with E-state index in [1.807, 2.05) is 11.8 Å². The summed E-state index contributed by atoms with van der Waals surface area (Å²) in [5, 5.41) is 3.85. The van der Waals surface area contributed by atoms with Crippen LogP contribution in [0.1, 0.15) is 13.3 Å². The molecule has 1 N–H and O–H groups in total. The summed E-state index contributed by atoms with van der Waals surface area (Å²) in [6.07, 6.45) is -3.30. The molecule has 0 aliphatic carbocycles. The third kappa shape index (κ3) is 4.53. The molecule has 0 aromatic heterocycles. The number of anilines is 1. The molecule has 106 valence electrons.